The van der Waals surface area contributed by atoms with E-state index < -0.39 is 24.5 Å². The Kier molecular flexibility index (Phi) is 6.89. The van der Waals surface area contributed by atoms with Gasteiger partial charge in [0.05, 0.1) is 39.6 Å². The van der Waals surface area contributed by atoms with Crippen LogP contribution in [0.4, 0.5) is 0 Å². The Morgan fingerprint density at radius 3 is 2.30 bits per heavy atom. The van der Waals surface area contributed by atoms with Crippen molar-refractivity contribution in [2.45, 2.75) is 6.04 Å². The Morgan fingerprint density at radius 2 is 1.74 bits per heavy atom. The monoisotopic (exact) mass is 377 g/mol. The molecule has 1 unspecified atom stereocenters. The van der Waals surface area contributed by atoms with Crippen molar-refractivity contribution in [3.63, 3.8) is 0 Å². The molecular weight excluding hydrogens is 358 g/mol. The summed E-state index contributed by atoms with van der Waals surface area (Å²) in [6.45, 7) is -0.613. The fraction of sp³-hybridized carbons (Fsp3) is 0.294. The summed E-state index contributed by atoms with van der Waals surface area (Å²) in [5.74, 6) is -0.864. The van der Waals surface area contributed by atoms with Crippen LogP contribution in [0.25, 0.3) is 0 Å². The maximum absolute atomic E-state index is 12.5. The number of carbonyl (C=O) groups is 2. The van der Waals surface area contributed by atoms with E-state index in [2.05, 4.69) is 20.0 Å². The van der Waals surface area contributed by atoms with Gasteiger partial charge in [-0.1, -0.05) is 12.1 Å². The van der Waals surface area contributed by atoms with Gasteiger partial charge < -0.3 is 29.4 Å². The van der Waals surface area contributed by atoms with Crippen molar-refractivity contribution in [1.29, 1.82) is 0 Å². The van der Waals surface area contributed by atoms with Gasteiger partial charge in [0.25, 0.3) is 5.91 Å². The second-order valence-corrected chi connectivity index (χ2v) is 5.07. The van der Waals surface area contributed by atoms with Crippen LogP contribution in [0.3, 0.4) is 0 Å². The molecule has 0 aliphatic carbocycles. The van der Waals surface area contributed by atoms with Crippen molar-refractivity contribution >= 4 is 11.9 Å². The summed E-state index contributed by atoms with van der Waals surface area (Å²) < 4.78 is 20.2. The molecule has 1 aromatic heterocycles. The number of hydrogen-bond donors (Lipinski definition) is 2. The van der Waals surface area contributed by atoms with Crippen molar-refractivity contribution in [1.82, 2.24) is 15.3 Å². The van der Waals surface area contributed by atoms with Crippen molar-refractivity contribution in [2.24, 2.45) is 0 Å². The van der Waals surface area contributed by atoms with Crippen molar-refractivity contribution in [3.05, 3.63) is 35.9 Å². The second-order valence-electron chi connectivity index (χ2n) is 5.07. The van der Waals surface area contributed by atoms with Gasteiger partial charge in [-0.2, -0.15) is 9.97 Å². The smallest absolute Gasteiger partial charge is 0.330 e. The summed E-state index contributed by atoms with van der Waals surface area (Å²) in [5.41, 5.74) is 0.102. The average molecular weight is 377 g/mol. The first-order chi connectivity index (χ1) is 13.0. The van der Waals surface area contributed by atoms with Crippen LogP contribution in [0.1, 0.15) is 10.4 Å². The molecule has 2 aromatic rings. The number of aliphatic hydroxyl groups excluding tert-OH is 1. The first-order valence-electron chi connectivity index (χ1n) is 7.75. The highest BCUT2D eigenvalue weighted by Gasteiger charge is 2.23. The van der Waals surface area contributed by atoms with E-state index in [0.717, 1.165) is 7.11 Å². The fourth-order valence-corrected chi connectivity index (χ4v) is 2.04. The van der Waals surface area contributed by atoms with E-state index in [0.29, 0.717) is 0 Å². The minimum absolute atomic E-state index is 0.0990. The highest BCUT2D eigenvalue weighted by atomic mass is 16.5. The summed E-state index contributed by atoms with van der Waals surface area (Å²) in [4.78, 5) is 32.1. The molecule has 10 heteroatoms. The number of hydrogen-bond acceptors (Lipinski definition) is 9. The number of methoxy groups -OCH3 is 3. The van der Waals surface area contributed by atoms with E-state index in [9.17, 15) is 14.7 Å². The topological polar surface area (TPSA) is 129 Å². The normalized spacial score (nSPS) is 11.3. The van der Waals surface area contributed by atoms with Gasteiger partial charge in [-0.3, -0.25) is 4.79 Å². The predicted octanol–water partition coefficient (Wildman–Crippen LogP) is 0.550. The molecule has 0 radical (unpaired) electrons. The maximum Gasteiger partial charge on any atom is 0.330 e. The highest BCUT2D eigenvalue weighted by molar-refractivity contribution is 5.99. The number of carbonyl (C=O) groups excluding carboxylic acids is 2. The average Bonchev–Trinajstić information content (AvgIpc) is 2.71. The van der Waals surface area contributed by atoms with E-state index in [1.165, 1.54) is 32.4 Å². The number of benzene rings is 1. The zero-order chi connectivity index (χ0) is 19.8. The van der Waals surface area contributed by atoms with Gasteiger partial charge in [-0.25, -0.2) is 4.79 Å². The predicted molar refractivity (Wildman–Crippen MR) is 92.0 cm³/mol. The van der Waals surface area contributed by atoms with Crippen LogP contribution in [0.2, 0.25) is 0 Å². The lowest BCUT2D eigenvalue weighted by Crippen LogP contribution is -2.44. The maximum atomic E-state index is 12.5. The molecule has 144 valence electrons. The van der Waals surface area contributed by atoms with Gasteiger partial charge in [0.1, 0.15) is 5.75 Å². The number of esters is 1. The minimum atomic E-state index is -1.20. The Morgan fingerprint density at radius 1 is 1.11 bits per heavy atom. The molecule has 27 heavy (non-hydrogen) atoms. The number of amides is 1. The van der Waals surface area contributed by atoms with Crippen LogP contribution >= 0.6 is 0 Å². The number of ether oxygens (including phenoxy) is 4. The fourth-order valence-electron chi connectivity index (χ4n) is 2.04. The lowest BCUT2D eigenvalue weighted by Gasteiger charge is -2.15. The lowest BCUT2D eigenvalue weighted by atomic mass is 10.1. The Balaban J connectivity index is 2.28. The molecule has 2 N–H and O–H groups in total. The van der Waals surface area contributed by atoms with Crippen LogP contribution < -0.4 is 19.5 Å². The number of aromatic nitrogens is 2. The highest BCUT2D eigenvalue weighted by Crippen LogP contribution is 2.26. The largest absolute Gasteiger partial charge is 0.481 e. The van der Waals surface area contributed by atoms with E-state index in [1.807, 2.05) is 0 Å². The van der Waals surface area contributed by atoms with E-state index >= 15 is 0 Å². The SMILES string of the molecule is COC(=O)C(CO)NC(=O)c1ccccc1Oc1nc(OC)cc(OC)n1. The molecule has 0 aliphatic heterocycles. The molecule has 10 nitrogen and oxygen atoms in total. The van der Waals surface area contributed by atoms with Crippen LogP contribution in [-0.4, -0.2) is 60.9 Å². The molecular formula is C17H19N3O7. The van der Waals surface area contributed by atoms with E-state index in [1.54, 1.807) is 12.1 Å². The third-order valence-corrected chi connectivity index (χ3v) is 3.38. The zero-order valence-corrected chi connectivity index (χ0v) is 15.0. The number of rotatable bonds is 8. The number of nitrogens with zero attached hydrogens (tertiary/aromatic N) is 2. The summed E-state index contributed by atoms with van der Waals surface area (Å²) in [5, 5.41) is 11.6. The molecule has 0 saturated carbocycles. The Bertz CT molecular complexity index is 791. The first-order valence-corrected chi connectivity index (χ1v) is 7.75. The number of para-hydroxylation sites is 1. The Labute approximate surface area is 155 Å². The third kappa shape index (κ3) is 5.05. The van der Waals surface area contributed by atoms with Gasteiger partial charge in [0.15, 0.2) is 6.04 Å². The number of nitrogens with one attached hydrogen (secondary N) is 1. The summed E-state index contributed by atoms with van der Waals surface area (Å²) in [6.07, 6.45) is 0. The van der Waals surface area contributed by atoms with E-state index in [4.69, 9.17) is 14.2 Å². The molecule has 0 saturated heterocycles. The van der Waals surface area contributed by atoms with Gasteiger partial charge >= 0.3 is 12.0 Å². The third-order valence-electron chi connectivity index (χ3n) is 3.38. The van der Waals surface area contributed by atoms with Crippen molar-refractivity contribution in [2.75, 3.05) is 27.9 Å². The lowest BCUT2D eigenvalue weighted by molar-refractivity contribution is -0.143. The first kappa shape index (κ1) is 19.9. The standard InChI is InChI=1S/C17H19N3O7/c1-24-13-8-14(25-2)20-17(19-13)27-12-7-5-4-6-10(12)15(22)18-11(9-21)16(23)26-3/h4-8,11,21H,9H2,1-3H3,(H,18,22). The molecule has 0 spiro atoms. The summed E-state index contributed by atoms with van der Waals surface area (Å²) in [7, 11) is 4.01. The Hall–Kier alpha value is -3.40. The second kappa shape index (κ2) is 9.34. The zero-order valence-electron chi connectivity index (χ0n) is 15.0. The van der Waals surface area contributed by atoms with Gasteiger partial charge in [0.2, 0.25) is 11.8 Å². The van der Waals surface area contributed by atoms with E-state index in [-0.39, 0.29) is 29.1 Å². The molecule has 1 heterocycles. The molecule has 1 aromatic carbocycles. The van der Waals surface area contributed by atoms with Gasteiger partial charge in [-0.05, 0) is 12.1 Å². The van der Waals surface area contributed by atoms with Crippen LogP contribution in [0.15, 0.2) is 30.3 Å². The summed E-state index contributed by atoms with van der Waals surface area (Å²) in [6, 6.07) is 6.42. The minimum Gasteiger partial charge on any atom is -0.481 e. The molecule has 0 bridgehead atoms. The molecule has 1 amide bonds. The van der Waals surface area contributed by atoms with Crippen LogP contribution in [0.5, 0.6) is 23.5 Å². The molecule has 0 aliphatic rings. The molecule has 1 atom stereocenters. The van der Waals surface area contributed by atoms with Gasteiger partial charge in [0, 0.05) is 0 Å². The van der Waals surface area contributed by atoms with Crippen molar-refractivity contribution in [3.8, 4) is 23.5 Å². The summed E-state index contributed by atoms with van der Waals surface area (Å²) >= 11 is 0. The van der Waals surface area contributed by atoms with Crippen LogP contribution in [0, 0.1) is 0 Å². The van der Waals surface area contributed by atoms with Crippen LogP contribution in [-0.2, 0) is 9.53 Å². The quantitative estimate of drug-likeness (QED) is 0.634. The number of aliphatic hydroxyl groups is 1. The molecule has 2 rings (SSSR count). The van der Waals surface area contributed by atoms with Crippen molar-refractivity contribution < 1.29 is 33.6 Å². The molecule has 0 fully saturated rings. The van der Waals surface area contributed by atoms with Gasteiger partial charge in [-0.15, -0.1) is 0 Å².